The lowest BCUT2D eigenvalue weighted by Crippen LogP contribution is -2.36. The van der Waals surface area contributed by atoms with Crippen molar-refractivity contribution in [3.63, 3.8) is 0 Å². The van der Waals surface area contributed by atoms with Crippen molar-refractivity contribution in [2.45, 2.75) is 20.8 Å². The van der Waals surface area contributed by atoms with Crippen molar-refractivity contribution < 1.29 is 33.8 Å². The van der Waals surface area contributed by atoms with Crippen molar-refractivity contribution in [3.05, 3.63) is 57.5 Å². The summed E-state index contributed by atoms with van der Waals surface area (Å²) < 4.78 is 10.5. The predicted octanol–water partition coefficient (Wildman–Crippen LogP) is 3.76. The first-order valence-electron chi connectivity index (χ1n) is 10.3. The van der Waals surface area contributed by atoms with Gasteiger partial charge in [0.05, 0.1) is 12.0 Å². The molecule has 0 bridgehead atoms. The van der Waals surface area contributed by atoms with Gasteiger partial charge in [-0.2, -0.15) is 0 Å². The zero-order valence-corrected chi connectivity index (χ0v) is 19.9. The number of nitrogens with zero attached hydrogens (tertiary/aromatic N) is 1. The van der Waals surface area contributed by atoms with E-state index in [0.717, 1.165) is 21.6 Å². The summed E-state index contributed by atoms with van der Waals surface area (Å²) in [4.78, 5) is 49.9. The number of carboxylic acid groups (broad SMARTS) is 1. The number of nitrogens with one attached hydrogen (secondary N) is 1. The fourth-order valence-electron chi connectivity index (χ4n) is 3.57. The number of benzene rings is 2. The molecular formula is C24H24N2O7S. The number of aryl methyl sites for hydroxylation is 3. The van der Waals surface area contributed by atoms with Gasteiger partial charge in [0.2, 0.25) is 5.91 Å². The number of anilines is 1. The van der Waals surface area contributed by atoms with Crippen LogP contribution in [0.1, 0.15) is 22.3 Å². The Morgan fingerprint density at radius 3 is 2.44 bits per heavy atom. The molecule has 3 amide bonds. The number of ether oxygens (including phenoxy) is 2. The molecule has 2 aromatic carbocycles. The highest BCUT2D eigenvalue weighted by Gasteiger charge is 2.36. The van der Waals surface area contributed by atoms with Crippen LogP contribution in [0, 0.1) is 20.8 Å². The normalized spacial score (nSPS) is 14.5. The third-order valence-electron chi connectivity index (χ3n) is 4.97. The molecule has 178 valence electrons. The van der Waals surface area contributed by atoms with Gasteiger partial charge < -0.3 is 19.9 Å². The van der Waals surface area contributed by atoms with Crippen LogP contribution in [0.4, 0.5) is 10.5 Å². The van der Waals surface area contributed by atoms with Gasteiger partial charge in [0, 0.05) is 11.3 Å². The highest BCUT2D eigenvalue weighted by Crippen LogP contribution is 2.37. The molecular weight excluding hydrogens is 460 g/mol. The van der Waals surface area contributed by atoms with Crippen LogP contribution < -0.4 is 14.8 Å². The third-order valence-corrected chi connectivity index (χ3v) is 5.88. The summed E-state index contributed by atoms with van der Waals surface area (Å²) in [5, 5.41) is 11.1. The minimum Gasteiger partial charge on any atom is -0.493 e. The smallest absolute Gasteiger partial charge is 0.341 e. The summed E-state index contributed by atoms with van der Waals surface area (Å²) in [6, 6.07) is 8.69. The fourth-order valence-corrected chi connectivity index (χ4v) is 4.40. The average molecular weight is 485 g/mol. The van der Waals surface area contributed by atoms with Gasteiger partial charge in [0.15, 0.2) is 18.1 Å². The number of para-hydroxylation sites is 1. The van der Waals surface area contributed by atoms with Crippen LogP contribution in [0.5, 0.6) is 11.5 Å². The van der Waals surface area contributed by atoms with Crippen LogP contribution in [0.2, 0.25) is 0 Å². The number of hydrogen-bond acceptors (Lipinski definition) is 7. The average Bonchev–Trinajstić information content (AvgIpc) is 3.02. The van der Waals surface area contributed by atoms with E-state index in [2.05, 4.69) is 5.32 Å². The summed E-state index contributed by atoms with van der Waals surface area (Å²) in [7, 11) is 1.40. The Kier molecular flexibility index (Phi) is 7.62. The van der Waals surface area contributed by atoms with Crippen LogP contribution in [0.25, 0.3) is 6.08 Å². The molecule has 1 heterocycles. The highest BCUT2D eigenvalue weighted by molar-refractivity contribution is 8.18. The van der Waals surface area contributed by atoms with E-state index in [4.69, 9.17) is 14.6 Å². The standard InChI is InChI=1S/C24H24N2O7S/c1-13-8-14(2)21(15(3)9-13)25-19(27)11-26-23(30)18(34-24(26)31)10-16-6-5-7-17(32-4)22(16)33-12-20(28)29/h5-10H,11-12H2,1-4H3,(H,25,27)(H,28,29)/b18-10+. The van der Waals surface area contributed by atoms with Crippen molar-refractivity contribution in [2.75, 3.05) is 25.6 Å². The Bertz CT molecular complexity index is 1180. The van der Waals surface area contributed by atoms with Crippen LogP contribution in [-0.2, 0) is 14.4 Å². The van der Waals surface area contributed by atoms with E-state index >= 15 is 0 Å². The second-order valence-electron chi connectivity index (χ2n) is 7.65. The number of amides is 3. The topological polar surface area (TPSA) is 122 Å². The quantitative estimate of drug-likeness (QED) is 0.543. The molecule has 1 fully saturated rings. The second kappa shape index (κ2) is 10.4. The first-order chi connectivity index (χ1) is 16.1. The maximum Gasteiger partial charge on any atom is 0.341 e. The van der Waals surface area contributed by atoms with Crippen molar-refractivity contribution in [3.8, 4) is 11.5 Å². The number of aliphatic carboxylic acids is 1. The Balaban J connectivity index is 1.80. The number of methoxy groups -OCH3 is 1. The number of thioether (sulfide) groups is 1. The van der Waals surface area contributed by atoms with Gasteiger partial charge in [0.1, 0.15) is 6.54 Å². The van der Waals surface area contributed by atoms with Crippen molar-refractivity contribution in [2.24, 2.45) is 0 Å². The summed E-state index contributed by atoms with van der Waals surface area (Å²) in [5.41, 5.74) is 3.84. The summed E-state index contributed by atoms with van der Waals surface area (Å²) in [5.74, 6) is -1.90. The first kappa shape index (κ1) is 24.8. The Morgan fingerprint density at radius 1 is 1.15 bits per heavy atom. The van der Waals surface area contributed by atoms with Crippen LogP contribution in [-0.4, -0.2) is 53.3 Å². The van der Waals surface area contributed by atoms with E-state index in [0.29, 0.717) is 23.0 Å². The minimum atomic E-state index is -1.18. The Hall–Kier alpha value is -3.79. The molecule has 2 aromatic rings. The molecule has 0 unspecified atom stereocenters. The number of rotatable bonds is 8. The summed E-state index contributed by atoms with van der Waals surface area (Å²) >= 11 is 0.686. The lowest BCUT2D eigenvalue weighted by atomic mass is 10.1. The molecule has 0 aromatic heterocycles. The van der Waals surface area contributed by atoms with Crippen LogP contribution >= 0.6 is 11.8 Å². The lowest BCUT2D eigenvalue weighted by molar-refractivity contribution is -0.139. The zero-order chi connectivity index (χ0) is 25.0. The van der Waals surface area contributed by atoms with Gasteiger partial charge in [-0.1, -0.05) is 29.8 Å². The maximum atomic E-state index is 12.9. The van der Waals surface area contributed by atoms with Gasteiger partial charge in [-0.3, -0.25) is 19.3 Å². The number of carbonyl (C=O) groups excluding carboxylic acids is 3. The van der Waals surface area contributed by atoms with E-state index in [1.54, 1.807) is 18.2 Å². The van der Waals surface area contributed by atoms with Crippen LogP contribution in [0.15, 0.2) is 35.2 Å². The van der Waals surface area contributed by atoms with E-state index in [-0.39, 0.29) is 16.4 Å². The SMILES string of the molecule is COc1cccc(/C=C2/SC(=O)N(CC(=O)Nc3c(C)cc(C)cc3C)C2=O)c1OCC(=O)O. The van der Waals surface area contributed by atoms with Crippen LogP contribution in [0.3, 0.4) is 0 Å². The first-order valence-corrected chi connectivity index (χ1v) is 11.1. The van der Waals surface area contributed by atoms with E-state index in [1.807, 2.05) is 32.9 Å². The largest absolute Gasteiger partial charge is 0.493 e. The van der Waals surface area contributed by atoms with E-state index < -0.39 is 36.2 Å². The number of carbonyl (C=O) groups is 4. The zero-order valence-electron chi connectivity index (χ0n) is 19.1. The Morgan fingerprint density at radius 2 is 1.82 bits per heavy atom. The molecule has 0 atom stereocenters. The van der Waals surface area contributed by atoms with Gasteiger partial charge in [-0.05, 0) is 55.8 Å². The minimum absolute atomic E-state index is 0.0777. The third kappa shape index (κ3) is 5.57. The monoisotopic (exact) mass is 484 g/mol. The molecule has 1 aliphatic rings. The van der Waals surface area contributed by atoms with Crippen molar-refractivity contribution in [1.82, 2.24) is 4.90 Å². The molecule has 1 saturated heterocycles. The molecule has 3 rings (SSSR count). The molecule has 10 heteroatoms. The highest BCUT2D eigenvalue weighted by atomic mass is 32.2. The molecule has 0 saturated carbocycles. The van der Waals surface area contributed by atoms with E-state index in [9.17, 15) is 19.2 Å². The van der Waals surface area contributed by atoms with Gasteiger partial charge in [-0.15, -0.1) is 0 Å². The van der Waals surface area contributed by atoms with Crippen molar-refractivity contribution >= 4 is 46.5 Å². The van der Waals surface area contributed by atoms with Crippen molar-refractivity contribution in [1.29, 1.82) is 0 Å². The molecule has 0 spiro atoms. The summed E-state index contributed by atoms with van der Waals surface area (Å²) in [6.07, 6.45) is 1.41. The molecule has 0 radical (unpaired) electrons. The molecule has 9 nitrogen and oxygen atoms in total. The summed E-state index contributed by atoms with van der Waals surface area (Å²) in [6.45, 7) is 4.65. The number of hydrogen-bond donors (Lipinski definition) is 2. The molecule has 2 N–H and O–H groups in total. The fraction of sp³-hybridized carbons (Fsp3) is 0.250. The van der Waals surface area contributed by atoms with Gasteiger partial charge in [-0.25, -0.2) is 4.79 Å². The maximum absolute atomic E-state index is 12.9. The predicted molar refractivity (Wildman–Crippen MR) is 128 cm³/mol. The molecule has 0 aliphatic carbocycles. The molecule has 34 heavy (non-hydrogen) atoms. The lowest BCUT2D eigenvalue weighted by Gasteiger charge is -2.16. The van der Waals surface area contributed by atoms with E-state index in [1.165, 1.54) is 13.2 Å². The Labute approximate surface area is 200 Å². The van der Waals surface area contributed by atoms with Gasteiger partial charge in [0.25, 0.3) is 11.1 Å². The molecule has 1 aliphatic heterocycles. The number of imide groups is 1. The second-order valence-corrected chi connectivity index (χ2v) is 8.64. The van der Waals surface area contributed by atoms with Gasteiger partial charge >= 0.3 is 5.97 Å². The number of carboxylic acids is 1.